The van der Waals surface area contributed by atoms with Crippen molar-refractivity contribution in [1.29, 1.82) is 0 Å². The molecular formula is C21H20N4O2. The first kappa shape index (κ1) is 17.0. The number of nitrogens with zero attached hydrogens (tertiary/aromatic N) is 3. The van der Waals surface area contributed by atoms with Crippen LogP contribution in [-0.4, -0.2) is 20.5 Å². The van der Waals surface area contributed by atoms with E-state index >= 15 is 0 Å². The molecular weight excluding hydrogens is 340 g/mol. The average molecular weight is 360 g/mol. The number of carbonyl (C=O) groups is 1. The largest absolute Gasteiger partial charge is 0.467 e. The zero-order valence-corrected chi connectivity index (χ0v) is 15.2. The molecule has 0 spiro atoms. The van der Waals surface area contributed by atoms with Crippen molar-refractivity contribution < 1.29 is 9.21 Å². The van der Waals surface area contributed by atoms with Crippen LogP contribution in [0.3, 0.4) is 0 Å². The van der Waals surface area contributed by atoms with Crippen LogP contribution in [0.15, 0.2) is 65.5 Å². The van der Waals surface area contributed by atoms with Crippen molar-refractivity contribution in [2.45, 2.75) is 26.3 Å². The van der Waals surface area contributed by atoms with E-state index in [1.54, 1.807) is 29.2 Å². The summed E-state index contributed by atoms with van der Waals surface area (Å²) < 4.78 is 6.94. The Morgan fingerprint density at radius 2 is 2.00 bits per heavy atom. The van der Waals surface area contributed by atoms with Gasteiger partial charge in [0.2, 0.25) is 0 Å². The lowest BCUT2D eigenvalue weighted by atomic mass is 10.0. The number of hydrogen-bond acceptors (Lipinski definition) is 4. The fourth-order valence-electron chi connectivity index (χ4n) is 2.98. The number of benzene rings is 1. The van der Waals surface area contributed by atoms with Crippen LogP contribution in [0.25, 0.3) is 16.9 Å². The first-order valence-corrected chi connectivity index (χ1v) is 8.87. The Balaban J connectivity index is 1.64. The summed E-state index contributed by atoms with van der Waals surface area (Å²) in [7, 11) is 0. The third-order valence-electron chi connectivity index (χ3n) is 4.52. The Bertz CT molecular complexity index is 1060. The second kappa shape index (κ2) is 7.07. The highest BCUT2D eigenvalue weighted by Gasteiger charge is 2.16. The van der Waals surface area contributed by atoms with Gasteiger partial charge in [-0.25, -0.2) is 9.50 Å². The van der Waals surface area contributed by atoms with Crippen LogP contribution in [0.2, 0.25) is 0 Å². The SMILES string of the molecule is CC(C)c1ccc(-c2ccnc3c(C(=O)NCc4ccco4)cnn23)cc1. The number of rotatable bonds is 5. The minimum atomic E-state index is -0.235. The van der Waals surface area contributed by atoms with Gasteiger partial charge in [-0.1, -0.05) is 38.1 Å². The Hall–Kier alpha value is -3.41. The molecule has 0 unspecified atom stereocenters. The number of aromatic nitrogens is 3. The summed E-state index contributed by atoms with van der Waals surface area (Å²) in [6.07, 6.45) is 4.83. The normalized spacial score (nSPS) is 11.2. The second-order valence-corrected chi connectivity index (χ2v) is 6.66. The Labute approximate surface area is 156 Å². The van der Waals surface area contributed by atoms with Crippen LogP contribution < -0.4 is 5.32 Å². The van der Waals surface area contributed by atoms with Gasteiger partial charge in [-0.2, -0.15) is 5.10 Å². The quantitative estimate of drug-likeness (QED) is 0.583. The van der Waals surface area contributed by atoms with Crippen molar-refractivity contribution in [2.24, 2.45) is 0 Å². The van der Waals surface area contributed by atoms with Gasteiger partial charge in [-0.05, 0) is 29.7 Å². The third kappa shape index (κ3) is 3.33. The predicted octanol–water partition coefficient (Wildman–Crippen LogP) is 4.04. The van der Waals surface area contributed by atoms with Crippen molar-refractivity contribution in [2.75, 3.05) is 0 Å². The Morgan fingerprint density at radius 3 is 2.70 bits per heavy atom. The summed E-state index contributed by atoms with van der Waals surface area (Å²) in [5.74, 6) is 0.936. The van der Waals surface area contributed by atoms with Crippen molar-refractivity contribution in [3.8, 4) is 11.3 Å². The highest BCUT2D eigenvalue weighted by Crippen LogP contribution is 2.23. The van der Waals surface area contributed by atoms with Gasteiger partial charge < -0.3 is 9.73 Å². The molecule has 0 atom stereocenters. The van der Waals surface area contributed by atoms with Gasteiger partial charge >= 0.3 is 0 Å². The van der Waals surface area contributed by atoms with Crippen molar-refractivity contribution in [1.82, 2.24) is 19.9 Å². The molecule has 0 radical (unpaired) electrons. The van der Waals surface area contributed by atoms with E-state index in [1.807, 2.05) is 12.1 Å². The molecule has 3 heterocycles. The van der Waals surface area contributed by atoms with Gasteiger partial charge in [0.25, 0.3) is 5.91 Å². The molecule has 27 heavy (non-hydrogen) atoms. The molecule has 0 aliphatic carbocycles. The standard InChI is InChI=1S/C21H20N4O2/c1-14(2)15-5-7-16(8-6-15)19-9-10-22-20-18(13-24-25(19)20)21(26)23-12-17-4-3-11-27-17/h3-11,13-14H,12H2,1-2H3,(H,23,26). The van der Waals surface area contributed by atoms with Gasteiger partial charge in [-0.15, -0.1) is 0 Å². The topological polar surface area (TPSA) is 72.4 Å². The molecule has 0 bridgehead atoms. The second-order valence-electron chi connectivity index (χ2n) is 6.66. The molecule has 3 aromatic heterocycles. The number of hydrogen-bond donors (Lipinski definition) is 1. The summed E-state index contributed by atoms with van der Waals surface area (Å²) >= 11 is 0. The molecule has 1 aromatic carbocycles. The minimum absolute atomic E-state index is 0.235. The molecule has 0 aliphatic rings. The number of nitrogens with one attached hydrogen (secondary N) is 1. The minimum Gasteiger partial charge on any atom is -0.467 e. The summed E-state index contributed by atoms with van der Waals surface area (Å²) in [4.78, 5) is 16.9. The number of amides is 1. The van der Waals surface area contributed by atoms with E-state index in [4.69, 9.17) is 4.42 Å². The molecule has 0 aliphatic heterocycles. The molecule has 4 aromatic rings. The number of fused-ring (bicyclic) bond motifs is 1. The van der Waals surface area contributed by atoms with Crippen LogP contribution >= 0.6 is 0 Å². The van der Waals surface area contributed by atoms with Crippen LogP contribution in [0.1, 0.15) is 41.4 Å². The molecule has 6 nitrogen and oxygen atoms in total. The number of carbonyl (C=O) groups excluding carboxylic acids is 1. The Kier molecular flexibility index (Phi) is 4.46. The summed E-state index contributed by atoms with van der Waals surface area (Å²) in [5.41, 5.74) is 4.15. The lowest BCUT2D eigenvalue weighted by Crippen LogP contribution is -2.22. The maximum Gasteiger partial charge on any atom is 0.257 e. The zero-order chi connectivity index (χ0) is 18.8. The fourth-order valence-corrected chi connectivity index (χ4v) is 2.98. The van der Waals surface area contributed by atoms with Gasteiger partial charge in [0.1, 0.15) is 11.3 Å². The zero-order valence-electron chi connectivity index (χ0n) is 15.2. The van der Waals surface area contributed by atoms with E-state index in [0.29, 0.717) is 29.4 Å². The van der Waals surface area contributed by atoms with Gasteiger partial charge in [0, 0.05) is 11.8 Å². The van der Waals surface area contributed by atoms with Crippen molar-refractivity contribution >= 4 is 11.6 Å². The first-order valence-electron chi connectivity index (χ1n) is 8.87. The smallest absolute Gasteiger partial charge is 0.257 e. The van der Waals surface area contributed by atoms with Crippen molar-refractivity contribution in [3.63, 3.8) is 0 Å². The lowest BCUT2D eigenvalue weighted by molar-refractivity contribution is 0.0949. The molecule has 4 rings (SSSR count). The van der Waals surface area contributed by atoms with Crippen LogP contribution in [0, 0.1) is 0 Å². The monoisotopic (exact) mass is 360 g/mol. The molecule has 6 heteroatoms. The molecule has 1 N–H and O–H groups in total. The summed E-state index contributed by atoms with van der Waals surface area (Å²) in [6, 6.07) is 13.9. The van der Waals surface area contributed by atoms with Crippen molar-refractivity contribution in [3.05, 3.63) is 78.0 Å². The van der Waals surface area contributed by atoms with E-state index in [2.05, 4.69) is 53.5 Å². The first-order chi connectivity index (χ1) is 13.1. The molecule has 0 fully saturated rings. The third-order valence-corrected chi connectivity index (χ3v) is 4.52. The van der Waals surface area contributed by atoms with E-state index in [1.165, 1.54) is 5.56 Å². The summed E-state index contributed by atoms with van der Waals surface area (Å²) in [5, 5.41) is 7.22. The highest BCUT2D eigenvalue weighted by atomic mass is 16.3. The molecule has 0 saturated carbocycles. The fraction of sp³-hybridized carbons (Fsp3) is 0.190. The lowest BCUT2D eigenvalue weighted by Gasteiger charge is -2.08. The van der Waals surface area contributed by atoms with E-state index < -0.39 is 0 Å². The summed E-state index contributed by atoms with van der Waals surface area (Å²) in [6.45, 7) is 4.65. The predicted molar refractivity (Wildman–Crippen MR) is 102 cm³/mol. The molecule has 136 valence electrons. The van der Waals surface area contributed by atoms with E-state index in [9.17, 15) is 4.79 Å². The maximum absolute atomic E-state index is 12.5. The molecule has 1 amide bonds. The van der Waals surface area contributed by atoms with Gasteiger partial charge in [-0.3, -0.25) is 4.79 Å². The van der Waals surface area contributed by atoms with E-state index in [0.717, 1.165) is 11.3 Å². The average Bonchev–Trinajstić information content (AvgIpc) is 3.35. The van der Waals surface area contributed by atoms with Crippen LogP contribution in [-0.2, 0) is 6.54 Å². The highest BCUT2D eigenvalue weighted by molar-refractivity contribution is 5.99. The molecule has 0 saturated heterocycles. The van der Waals surface area contributed by atoms with Gasteiger partial charge in [0.05, 0.1) is 24.7 Å². The maximum atomic E-state index is 12.5. The van der Waals surface area contributed by atoms with Crippen LogP contribution in [0.5, 0.6) is 0 Å². The van der Waals surface area contributed by atoms with E-state index in [-0.39, 0.29) is 5.91 Å². The number of furan rings is 1. The van der Waals surface area contributed by atoms with Gasteiger partial charge in [0.15, 0.2) is 5.65 Å². The van der Waals surface area contributed by atoms with Crippen LogP contribution in [0.4, 0.5) is 0 Å². The Morgan fingerprint density at radius 1 is 1.19 bits per heavy atom.